The maximum atomic E-state index is 12.3. The Bertz CT molecular complexity index is 604. The number of carbonyl (C=O) groups excluding carboxylic acids is 2. The minimum Gasteiger partial charge on any atom is -0.508 e. The molecule has 150 valence electrons. The molecule has 0 spiro atoms. The number of phenolic OH excluding ortho intramolecular Hbond substituents is 1. The van der Waals surface area contributed by atoms with Crippen LogP contribution in [0.25, 0.3) is 0 Å². The van der Waals surface area contributed by atoms with E-state index in [-0.39, 0.29) is 25.5 Å². The van der Waals surface area contributed by atoms with Crippen LogP contribution in [0.4, 0.5) is 9.59 Å². The average Bonchev–Trinajstić information content (AvgIpc) is 2.64. The molecule has 1 aromatic rings. The topological polar surface area (TPSA) is 112 Å². The van der Waals surface area contributed by atoms with Crippen molar-refractivity contribution in [1.82, 2.24) is 10.2 Å². The van der Waals surface area contributed by atoms with Gasteiger partial charge in [-0.3, -0.25) is 10.7 Å². The van der Waals surface area contributed by atoms with Gasteiger partial charge in [0.1, 0.15) is 5.75 Å². The Hall–Kier alpha value is -2.77. The second-order valence-electron chi connectivity index (χ2n) is 6.00. The summed E-state index contributed by atoms with van der Waals surface area (Å²) in [5.74, 6) is -0.240. The van der Waals surface area contributed by atoms with Crippen molar-refractivity contribution in [2.24, 2.45) is 0 Å². The Morgan fingerprint density at radius 2 is 1.67 bits per heavy atom. The Morgan fingerprint density at radius 3 is 2.26 bits per heavy atom. The number of nitrogens with one attached hydrogen (secondary N) is 2. The molecule has 8 heteroatoms. The lowest BCUT2D eigenvalue weighted by Crippen LogP contribution is -2.48. The number of benzene rings is 1. The minimum absolute atomic E-state index is 0.143. The van der Waals surface area contributed by atoms with Crippen LogP contribution in [0.2, 0.25) is 0 Å². The fraction of sp³-hybridized carbons (Fsp3) is 0.526. The molecule has 0 saturated carbocycles. The number of carbonyl (C=O) groups is 2. The van der Waals surface area contributed by atoms with E-state index in [0.29, 0.717) is 6.42 Å². The minimum atomic E-state index is -0.774. The largest absolute Gasteiger partial charge is 0.508 e. The summed E-state index contributed by atoms with van der Waals surface area (Å²) in [5.41, 5.74) is 0.873. The van der Waals surface area contributed by atoms with E-state index in [9.17, 15) is 14.7 Å². The van der Waals surface area contributed by atoms with Gasteiger partial charge in [-0.2, -0.15) is 0 Å². The number of unbranched alkanes of at least 4 members (excludes halogenated alkanes) is 2. The highest BCUT2D eigenvalue weighted by Crippen LogP contribution is 2.11. The summed E-state index contributed by atoms with van der Waals surface area (Å²) in [7, 11) is 0. The highest BCUT2D eigenvalue weighted by molar-refractivity contribution is 5.99. The zero-order chi connectivity index (χ0) is 20.1. The zero-order valence-corrected chi connectivity index (χ0v) is 16.0. The number of rotatable bonds is 9. The molecule has 0 heterocycles. The van der Waals surface area contributed by atoms with E-state index in [1.165, 1.54) is 0 Å². The third kappa shape index (κ3) is 8.94. The summed E-state index contributed by atoms with van der Waals surface area (Å²) in [4.78, 5) is 25.1. The van der Waals surface area contributed by atoms with Crippen molar-refractivity contribution >= 4 is 18.1 Å². The number of phenols is 1. The molecular weight excluding hydrogens is 350 g/mol. The van der Waals surface area contributed by atoms with E-state index in [0.717, 1.165) is 36.1 Å². The molecule has 0 aliphatic heterocycles. The van der Waals surface area contributed by atoms with Gasteiger partial charge in [-0.1, -0.05) is 38.8 Å². The van der Waals surface area contributed by atoms with Gasteiger partial charge in [0.05, 0.1) is 13.2 Å². The van der Waals surface area contributed by atoms with Gasteiger partial charge < -0.3 is 14.6 Å². The lowest BCUT2D eigenvalue weighted by molar-refractivity contribution is 0.119. The summed E-state index contributed by atoms with van der Waals surface area (Å²) in [6, 6.07) is 6.56. The van der Waals surface area contributed by atoms with Crippen molar-refractivity contribution in [2.75, 3.05) is 19.8 Å². The van der Waals surface area contributed by atoms with Crippen molar-refractivity contribution in [1.29, 1.82) is 5.41 Å². The molecule has 8 nitrogen and oxygen atoms in total. The maximum absolute atomic E-state index is 12.3. The lowest BCUT2D eigenvalue weighted by atomic mass is 10.1. The summed E-state index contributed by atoms with van der Waals surface area (Å²) < 4.78 is 10.1. The van der Waals surface area contributed by atoms with E-state index >= 15 is 0 Å². The van der Waals surface area contributed by atoms with Gasteiger partial charge in [-0.25, -0.2) is 14.5 Å². The predicted octanol–water partition coefficient (Wildman–Crippen LogP) is 3.63. The molecule has 1 rings (SSSR count). The van der Waals surface area contributed by atoms with Crippen LogP contribution in [0, 0.1) is 5.41 Å². The number of ether oxygens (including phenoxy) is 2. The summed E-state index contributed by atoms with van der Waals surface area (Å²) in [6.45, 7) is 4.60. The molecule has 0 aliphatic carbocycles. The standard InChI is InChI=1S/C19H29N3O5/c1-3-5-13-26-18(24)21-17(20)22(19(25)27-14-6-4-2)12-11-15-7-9-16(23)10-8-15/h7-10,23H,3-6,11-14H2,1-2H3,(H2,20,21,24). The van der Waals surface area contributed by atoms with Crippen LogP contribution >= 0.6 is 0 Å². The molecule has 0 unspecified atom stereocenters. The Balaban J connectivity index is 2.67. The molecule has 0 radical (unpaired) electrons. The first kappa shape index (κ1) is 22.3. The molecule has 3 N–H and O–H groups in total. The van der Waals surface area contributed by atoms with Gasteiger partial charge in [-0.15, -0.1) is 0 Å². The van der Waals surface area contributed by atoms with Crippen molar-refractivity contribution in [3.05, 3.63) is 29.8 Å². The third-order valence-corrected chi connectivity index (χ3v) is 3.73. The maximum Gasteiger partial charge on any atom is 0.416 e. The highest BCUT2D eigenvalue weighted by Gasteiger charge is 2.22. The van der Waals surface area contributed by atoms with Crippen molar-refractivity contribution < 1.29 is 24.2 Å². The van der Waals surface area contributed by atoms with Crippen LogP contribution in [-0.2, 0) is 15.9 Å². The van der Waals surface area contributed by atoms with Crippen LogP contribution in [0.15, 0.2) is 24.3 Å². The number of nitrogens with zero attached hydrogens (tertiary/aromatic N) is 1. The van der Waals surface area contributed by atoms with Crippen molar-refractivity contribution in [3.63, 3.8) is 0 Å². The van der Waals surface area contributed by atoms with Gasteiger partial charge in [-0.05, 0) is 37.0 Å². The van der Waals surface area contributed by atoms with Crippen LogP contribution in [0.5, 0.6) is 5.75 Å². The normalized spacial score (nSPS) is 10.1. The molecule has 0 atom stereocenters. The number of guanidine groups is 1. The first-order chi connectivity index (χ1) is 13.0. The second-order valence-corrected chi connectivity index (χ2v) is 6.00. The molecule has 27 heavy (non-hydrogen) atoms. The number of amides is 2. The van der Waals surface area contributed by atoms with E-state index in [2.05, 4.69) is 5.32 Å². The van der Waals surface area contributed by atoms with Crippen LogP contribution in [0.3, 0.4) is 0 Å². The molecule has 0 bridgehead atoms. The number of hydrogen-bond donors (Lipinski definition) is 3. The molecule has 1 aromatic carbocycles. The predicted molar refractivity (Wildman–Crippen MR) is 102 cm³/mol. The van der Waals surface area contributed by atoms with E-state index in [1.54, 1.807) is 24.3 Å². The van der Waals surface area contributed by atoms with Crippen molar-refractivity contribution in [2.45, 2.75) is 46.0 Å². The first-order valence-corrected chi connectivity index (χ1v) is 9.22. The fourth-order valence-corrected chi connectivity index (χ4v) is 2.09. The average molecular weight is 379 g/mol. The third-order valence-electron chi connectivity index (χ3n) is 3.73. The Morgan fingerprint density at radius 1 is 1.07 bits per heavy atom. The van der Waals surface area contributed by atoms with Gasteiger partial charge in [0.15, 0.2) is 0 Å². The molecule has 0 aliphatic rings. The first-order valence-electron chi connectivity index (χ1n) is 9.22. The number of alkyl carbamates (subject to hydrolysis) is 1. The Labute approximate surface area is 160 Å². The van der Waals surface area contributed by atoms with E-state index in [1.807, 2.05) is 13.8 Å². The lowest BCUT2D eigenvalue weighted by Gasteiger charge is -2.22. The monoisotopic (exact) mass is 379 g/mol. The van der Waals surface area contributed by atoms with Gasteiger partial charge >= 0.3 is 12.2 Å². The Kier molecular flexibility index (Phi) is 10.4. The zero-order valence-electron chi connectivity index (χ0n) is 16.0. The second kappa shape index (κ2) is 12.6. The molecule has 0 saturated heterocycles. The summed E-state index contributed by atoms with van der Waals surface area (Å²) >= 11 is 0. The van der Waals surface area contributed by atoms with E-state index < -0.39 is 18.1 Å². The molecule has 0 fully saturated rings. The van der Waals surface area contributed by atoms with Crippen molar-refractivity contribution in [3.8, 4) is 5.75 Å². The van der Waals surface area contributed by atoms with Gasteiger partial charge in [0.2, 0.25) is 5.96 Å². The van der Waals surface area contributed by atoms with E-state index in [4.69, 9.17) is 14.9 Å². The van der Waals surface area contributed by atoms with Gasteiger partial charge in [0.25, 0.3) is 0 Å². The number of hydrogen-bond acceptors (Lipinski definition) is 6. The molecular formula is C19H29N3O5. The quantitative estimate of drug-likeness (QED) is 0.344. The van der Waals surface area contributed by atoms with Crippen LogP contribution in [0.1, 0.15) is 45.1 Å². The summed E-state index contributed by atoms with van der Waals surface area (Å²) in [6.07, 6.45) is 2.17. The van der Waals surface area contributed by atoms with Gasteiger partial charge in [0, 0.05) is 6.54 Å². The molecule has 2 amide bonds. The molecule has 0 aromatic heterocycles. The summed E-state index contributed by atoms with van der Waals surface area (Å²) in [5, 5.41) is 19.6. The van der Waals surface area contributed by atoms with Crippen LogP contribution < -0.4 is 5.32 Å². The van der Waals surface area contributed by atoms with Crippen LogP contribution in [-0.4, -0.2) is 47.9 Å². The number of aromatic hydroxyl groups is 1. The SMILES string of the molecule is CCCCOC(=O)NC(=N)N(CCc1ccc(O)cc1)C(=O)OCCCC. The highest BCUT2D eigenvalue weighted by atomic mass is 16.6. The fourth-order valence-electron chi connectivity index (χ4n) is 2.09. The smallest absolute Gasteiger partial charge is 0.416 e.